The van der Waals surface area contributed by atoms with Gasteiger partial charge in [-0.1, -0.05) is 0 Å². The molecule has 0 aliphatic rings. The molecule has 1 heterocycles. The summed E-state index contributed by atoms with van der Waals surface area (Å²) in [6.07, 6.45) is 0.334. The predicted molar refractivity (Wildman–Crippen MR) is 67.9 cm³/mol. The average Bonchev–Trinajstić information content (AvgIpc) is 2.75. The Morgan fingerprint density at radius 3 is 3.00 bits per heavy atom. The van der Waals surface area contributed by atoms with Crippen molar-refractivity contribution in [2.75, 3.05) is 20.7 Å². The molecule has 5 nitrogen and oxygen atoms in total. The molecular formula is C11H19N3O2S. The van der Waals surface area contributed by atoms with Gasteiger partial charge in [0.25, 0.3) is 0 Å². The van der Waals surface area contributed by atoms with Gasteiger partial charge in [0, 0.05) is 25.0 Å². The molecule has 1 aromatic heterocycles. The number of hydrogen-bond donors (Lipinski definition) is 2. The van der Waals surface area contributed by atoms with Gasteiger partial charge < -0.3 is 10.4 Å². The molecule has 0 radical (unpaired) electrons. The third-order valence-electron chi connectivity index (χ3n) is 2.62. The lowest BCUT2D eigenvalue weighted by atomic mass is 10.3. The molecule has 96 valence electrons. The SMILES string of the molecule is CNC(=O)Cc1nc(CN(C)C(C)CO)cs1. The van der Waals surface area contributed by atoms with E-state index in [0.717, 1.165) is 10.7 Å². The van der Waals surface area contributed by atoms with E-state index in [2.05, 4.69) is 10.3 Å². The number of aliphatic hydroxyl groups excluding tert-OH is 1. The van der Waals surface area contributed by atoms with Crippen molar-refractivity contribution in [3.05, 3.63) is 16.1 Å². The Labute approximate surface area is 105 Å². The summed E-state index contributed by atoms with van der Waals surface area (Å²) in [6, 6.07) is 0.110. The number of nitrogens with one attached hydrogen (secondary N) is 1. The molecule has 6 heteroatoms. The zero-order chi connectivity index (χ0) is 12.8. The normalized spacial score (nSPS) is 12.8. The molecule has 0 aliphatic heterocycles. The van der Waals surface area contributed by atoms with E-state index in [9.17, 15) is 4.79 Å². The topological polar surface area (TPSA) is 65.5 Å². The van der Waals surface area contributed by atoms with Crippen LogP contribution in [-0.4, -0.2) is 47.6 Å². The maximum Gasteiger partial charge on any atom is 0.226 e. The molecule has 2 N–H and O–H groups in total. The molecule has 1 amide bonds. The Balaban J connectivity index is 2.53. The van der Waals surface area contributed by atoms with Crippen molar-refractivity contribution in [2.45, 2.75) is 25.9 Å². The molecule has 0 fully saturated rings. The van der Waals surface area contributed by atoms with E-state index in [-0.39, 0.29) is 18.6 Å². The second-order valence-electron chi connectivity index (χ2n) is 4.03. The summed E-state index contributed by atoms with van der Waals surface area (Å²) in [4.78, 5) is 17.6. The summed E-state index contributed by atoms with van der Waals surface area (Å²) in [7, 11) is 3.56. The molecule has 0 spiro atoms. The van der Waals surface area contributed by atoms with Crippen molar-refractivity contribution in [2.24, 2.45) is 0 Å². The highest BCUT2D eigenvalue weighted by Gasteiger charge is 2.11. The molecule has 1 aromatic rings. The lowest BCUT2D eigenvalue weighted by Crippen LogP contribution is -2.31. The van der Waals surface area contributed by atoms with Crippen LogP contribution in [0.2, 0.25) is 0 Å². The van der Waals surface area contributed by atoms with Gasteiger partial charge in [0.15, 0.2) is 0 Å². The van der Waals surface area contributed by atoms with Crippen LogP contribution in [0.3, 0.4) is 0 Å². The fourth-order valence-corrected chi connectivity index (χ4v) is 2.06. The van der Waals surface area contributed by atoms with Crippen molar-refractivity contribution in [3.8, 4) is 0 Å². The zero-order valence-electron chi connectivity index (χ0n) is 10.4. The maximum atomic E-state index is 11.2. The summed E-state index contributed by atoms with van der Waals surface area (Å²) < 4.78 is 0. The molecule has 0 aromatic carbocycles. The summed E-state index contributed by atoms with van der Waals surface area (Å²) in [5, 5.41) is 14.4. The fraction of sp³-hybridized carbons (Fsp3) is 0.636. The van der Waals surface area contributed by atoms with Gasteiger partial charge in [0.05, 0.1) is 18.7 Å². The Morgan fingerprint density at radius 2 is 2.41 bits per heavy atom. The molecule has 1 unspecified atom stereocenters. The predicted octanol–water partition coefficient (Wildman–Crippen LogP) is 0.244. The number of nitrogens with zero attached hydrogens (tertiary/aromatic N) is 2. The Hall–Kier alpha value is -0.980. The molecular weight excluding hydrogens is 238 g/mol. The highest BCUT2D eigenvalue weighted by molar-refractivity contribution is 7.09. The Morgan fingerprint density at radius 1 is 1.71 bits per heavy atom. The first-order chi connectivity index (χ1) is 8.06. The van der Waals surface area contributed by atoms with Crippen molar-refractivity contribution in [3.63, 3.8) is 0 Å². The van der Waals surface area contributed by atoms with E-state index >= 15 is 0 Å². The molecule has 0 aliphatic carbocycles. The molecule has 1 atom stereocenters. The van der Waals surface area contributed by atoms with E-state index in [4.69, 9.17) is 5.11 Å². The van der Waals surface area contributed by atoms with Gasteiger partial charge >= 0.3 is 0 Å². The fourth-order valence-electron chi connectivity index (χ4n) is 1.28. The first kappa shape index (κ1) is 14.1. The highest BCUT2D eigenvalue weighted by atomic mass is 32.1. The van der Waals surface area contributed by atoms with Gasteiger partial charge in [0.2, 0.25) is 5.91 Å². The second-order valence-corrected chi connectivity index (χ2v) is 4.97. The lowest BCUT2D eigenvalue weighted by molar-refractivity contribution is -0.119. The monoisotopic (exact) mass is 257 g/mol. The molecule has 17 heavy (non-hydrogen) atoms. The van der Waals surface area contributed by atoms with Crippen LogP contribution in [0, 0.1) is 0 Å². The number of carbonyl (C=O) groups excluding carboxylic acids is 1. The number of aliphatic hydroxyl groups is 1. The van der Waals surface area contributed by atoms with Gasteiger partial charge in [-0.15, -0.1) is 11.3 Å². The van der Waals surface area contributed by atoms with Crippen LogP contribution in [-0.2, 0) is 17.8 Å². The summed E-state index contributed by atoms with van der Waals surface area (Å²) in [5.74, 6) is -0.0250. The number of likely N-dealkylation sites (N-methyl/N-ethyl adjacent to an activating group) is 2. The number of rotatable bonds is 6. The molecule has 0 saturated heterocycles. The molecule has 0 bridgehead atoms. The number of hydrogen-bond acceptors (Lipinski definition) is 5. The van der Waals surface area contributed by atoms with Crippen LogP contribution >= 0.6 is 11.3 Å². The van der Waals surface area contributed by atoms with E-state index in [0.29, 0.717) is 13.0 Å². The number of amides is 1. The average molecular weight is 257 g/mol. The summed E-state index contributed by atoms with van der Waals surface area (Å²) >= 11 is 1.49. The Kier molecular flexibility index (Phi) is 5.54. The number of thiazole rings is 1. The largest absolute Gasteiger partial charge is 0.395 e. The van der Waals surface area contributed by atoms with Gasteiger partial charge in [-0.3, -0.25) is 9.69 Å². The van der Waals surface area contributed by atoms with Crippen LogP contribution in [0.25, 0.3) is 0 Å². The highest BCUT2D eigenvalue weighted by Crippen LogP contribution is 2.12. The van der Waals surface area contributed by atoms with Crippen LogP contribution < -0.4 is 5.32 Å². The second kappa shape index (κ2) is 6.68. The quantitative estimate of drug-likeness (QED) is 0.766. The maximum absolute atomic E-state index is 11.2. The van der Waals surface area contributed by atoms with Crippen LogP contribution in [0.15, 0.2) is 5.38 Å². The summed E-state index contributed by atoms with van der Waals surface area (Å²) in [6.45, 7) is 2.77. The van der Waals surface area contributed by atoms with Crippen LogP contribution in [0.4, 0.5) is 0 Å². The standard InChI is InChI=1S/C11H19N3O2S/c1-8(6-15)14(3)5-9-7-17-11(13-9)4-10(16)12-2/h7-8,15H,4-6H2,1-3H3,(H,12,16). The van der Waals surface area contributed by atoms with Gasteiger partial charge in [-0.2, -0.15) is 0 Å². The minimum absolute atomic E-state index is 0.0250. The minimum Gasteiger partial charge on any atom is -0.395 e. The van der Waals surface area contributed by atoms with Gasteiger partial charge in [-0.25, -0.2) is 4.98 Å². The van der Waals surface area contributed by atoms with Crippen LogP contribution in [0.5, 0.6) is 0 Å². The lowest BCUT2D eigenvalue weighted by Gasteiger charge is -2.21. The van der Waals surface area contributed by atoms with Gasteiger partial charge in [-0.05, 0) is 14.0 Å². The first-order valence-electron chi connectivity index (χ1n) is 5.51. The number of aromatic nitrogens is 1. The Bertz CT molecular complexity index is 367. The van der Waals surface area contributed by atoms with E-state index < -0.39 is 0 Å². The van der Waals surface area contributed by atoms with Crippen molar-refractivity contribution in [1.82, 2.24) is 15.2 Å². The number of carbonyl (C=O) groups is 1. The van der Waals surface area contributed by atoms with E-state index in [1.165, 1.54) is 11.3 Å². The first-order valence-corrected chi connectivity index (χ1v) is 6.39. The summed E-state index contributed by atoms with van der Waals surface area (Å²) in [5.41, 5.74) is 0.941. The van der Waals surface area contributed by atoms with Crippen molar-refractivity contribution >= 4 is 17.2 Å². The smallest absolute Gasteiger partial charge is 0.226 e. The third-order valence-corrected chi connectivity index (χ3v) is 3.52. The van der Waals surface area contributed by atoms with E-state index in [1.54, 1.807) is 7.05 Å². The molecule has 0 saturated carbocycles. The third kappa shape index (κ3) is 4.41. The van der Waals surface area contributed by atoms with Crippen molar-refractivity contribution < 1.29 is 9.90 Å². The molecule has 1 rings (SSSR count). The van der Waals surface area contributed by atoms with Crippen LogP contribution in [0.1, 0.15) is 17.6 Å². The van der Waals surface area contributed by atoms with E-state index in [1.807, 2.05) is 24.3 Å². The van der Waals surface area contributed by atoms with Gasteiger partial charge in [0.1, 0.15) is 5.01 Å². The minimum atomic E-state index is -0.0250. The van der Waals surface area contributed by atoms with Crippen molar-refractivity contribution in [1.29, 1.82) is 0 Å². The zero-order valence-corrected chi connectivity index (χ0v) is 11.3.